The molecule has 116 valence electrons. The fourth-order valence-corrected chi connectivity index (χ4v) is 2.59. The summed E-state index contributed by atoms with van der Waals surface area (Å²) >= 11 is 0. The number of rotatable bonds is 11. The van der Waals surface area contributed by atoms with Crippen LogP contribution in [0.2, 0.25) is 0 Å². The highest BCUT2D eigenvalue weighted by Gasteiger charge is 2.36. The lowest BCUT2D eigenvalue weighted by Crippen LogP contribution is -2.03. The van der Waals surface area contributed by atoms with Gasteiger partial charge in [-0.05, 0) is 31.1 Å². The average molecular weight is 278 g/mol. The van der Waals surface area contributed by atoms with Crippen LogP contribution < -0.4 is 0 Å². The molecular weight excluding hydrogens is 244 g/mol. The summed E-state index contributed by atoms with van der Waals surface area (Å²) in [7, 11) is 0. The topological polar surface area (TPSA) is 12.5 Å². The van der Waals surface area contributed by atoms with E-state index in [4.69, 9.17) is 4.74 Å². The second kappa shape index (κ2) is 9.39. The first kappa shape index (κ1) is 17.5. The number of epoxide rings is 1. The smallest absolute Gasteiger partial charge is 0.0876 e. The van der Waals surface area contributed by atoms with Gasteiger partial charge in [0.1, 0.15) is 0 Å². The molecule has 1 saturated heterocycles. The molecule has 0 aliphatic carbocycles. The standard InChI is InChI=1S/C19H34O/c1-5-6-7-11-14-17-18(20-17)15-12-9-8-10-13-16-19(2,3)4/h5,7,11,17-18H,1,6,8-10,12-16H2,2-4H3. The first-order chi connectivity index (χ1) is 9.53. The van der Waals surface area contributed by atoms with Crippen molar-refractivity contribution in [3.05, 3.63) is 24.8 Å². The summed E-state index contributed by atoms with van der Waals surface area (Å²) in [6.45, 7) is 10.7. The quantitative estimate of drug-likeness (QED) is 0.254. The Hall–Kier alpha value is -0.560. The lowest BCUT2D eigenvalue weighted by Gasteiger charge is -2.17. The van der Waals surface area contributed by atoms with E-state index in [1.165, 1.54) is 44.9 Å². The molecule has 0 aromatic heterocycles. The third-order valence-electron chi connectivity index (χ3n) is 3.94. The van der Waals surface area contributed by atoms with Crippen LogP contribution in [-0.2, 0) is 4.74 Å². The fourth-order valence-electron chi connectivity index (χ4n) is 2.59. The van der Waals surface area contributed by atoms with Crippen molar-refractivity contribution in [1.82, 2.24) is 0 Å². The fraction of sp³-hybridized carbons (Fsp3) is 0.789. The van der Waals surface area contributed by atoms with E-state index in [-0.39, 0.29) is 0 Å². The third-order valence-corrected chi connectivity index (χ3v) is 3.94. The summed E-state index contributed by atoms with van der Waals surface area (Å²) in [5.74, 6) is 0. The highest BCUT2D eigenvalue weighted by atomic mass is 16.6. The predicted molar refractivity (Wildman–Crippen MR) is 89.0 cm³/mol. The van der Waals surface area contributed by atoms with E-state index in [9.17, 15) is 0 Å². The molecule has 1 heteroatoms. The van der Waals surface area contributed by atoms with Gasteiger partial charge in [0.2, 0.25) is 0 Å². The van der Waals surface area contributed by atoms with Crippen molar-refractivity contribution in [2.75, 3.05) is 0 Å². The third kappa shape index (κ3) is 9.36. The van der Waals surface area contributed by atoms with E-state index in [0.717, 1.165) is 12.8 Å². The minimum Gasteiger partial charge on any atom is -0.369 e. The zero-order valence-corrected chi connectivity index (χ0v) is 13.9. The monoisotopic (exact) mass is 278 g/mol. The van der Waals surface area contributed by atoms with E-state index in [2.05, 4.69) is 39.5 Å². The Kier molecular flexibility index (Phi) is 8.21. The molecule has 1 heterocycles. The van der Waals surface area contributed by atoms with Crippen LogP contribution in [0, 0.1) is 5.41 Å². The van der Waals surface area contributed by atoms with Gasteiger partial charge in [0.25, 0.3) is 0 Å². The molecule has 1 nitrogen and oxygen atoms in total. The molecule has 2 atom stereocenters. The molecule has 0 aromatic carbocycles. The molecule has 0 saturated carbocycles. The normalized spacial score (nSPS) is 22.4. The average Bonchev–Trinajstić information content (AvgIpc) is 3.11. The van der Waals surface area contributed by atoms with Gasteiger partial charge in [-0.2, -0.15) is 0 Å². The van der Waals surface area contributed by atoms with Crippen molar-refractivity contribution in [2.24, 2.45) is 5.41 Å². The van der Waals surface area contributed by atoms with Crippen molar-refractivity contribution >= 4 is 0 Å². The number of hydrogen-bond donors (Lipinski definition) is 0. The largest absolute Gasteiger partial charge is 0.369 e. The molecular formula is C19H34O. The Morgan fingerprint density at radius 3 is 2.35 bits per heavy atom. The minimum atomic E-state index is 0.508. The Morgan fingerprint density at radius 1 is 0.950 bits per heavy atom. The van der Waals surface area contributed by atoms with Gasteiger partial charge in [-0.15, -0.1) is 6.58 Å². The zero-order chi connectivity index (χ0) is 14.8. The molecule has 1 fully saturated rings. The highest BCUT2D eigenvalue weighted by Crippen LogP contribution is 2.30. The van der Waals surface area contributed by atoms with E-state index >= 15 is 0 Å². The maximum absolute atomic E-state index is 5.69. The molecule has 1 aliphatic rings. The van der Waals surface area contributed by atoms with E-state index < -0.39 is 0 Å². The molecule has 1 rings (SSSR count). The van der Waals surface area contributed by atoms with E-state index in [0.29, 0.717) is 17.6 Å². The number of unbranched alkanes of at least 4 members (excludes halogenated alkanes) is 4. The first-order valence-corrected chi connectivity index (χ1v) is 8.44. The van der Waals surface area contributed by atoms with Crippen LogP contribution in [0.3, 0.4) is 0 Å². The van der Waals surface area contributed by atoms with Crippen LogP contribution in [0.15, 0.2) is 24.8 Å². The second-order valence-corrected chi connectivity index (χ2v) is 7.31. The predicted octanol–water partition coefficient (Wildman–Crippen LogP) is 6.05. The second-order valence-electron chi connectivity index (χ2n) is 7.31. The molecule has 0 N–H and O–H groups in total. The van der Waals surface area contributed by atoms with Crippen LogP contribution in [0.5, 0.6) is 0 Å². The number of hydrogen-bond acceptors (Lipinski definition) is 1. The highest BCUT2D eigenvalue weighted by molar-refractivity contribution is 4.95. The summed E-state index contributed by atoms with van der Waals surface area (Å²) in [5, 5.41) is 0. The molecule has 20 heavy (non-hydrogen) atoms. The van der Waals surface area contributed by atoms with Crippen LogP contribution in [-0.4, -0.2) is 12.2 Å². The summed E-state index contributed by atoms with van der Waals surface area (Å²) in [6, 6.07) is 0. The van der Waals surface area contributed by atoms with Gasteiger partial charge >= 0.3 is 0 Å². The van der Waals surface area contributed by atoms with Crippen molar-refractivity contribution < 1.29 is 4.74 Å². The van der Waals surface area contributed by atoms with Crippen LogP contribution >= 0.6 is 0 Å². The van der Waals surface area contributed by atoms with E-state index in [1.54, 1.807) is 0 Å². The Bertz CT molecular complexity index is 285. The van der Waals surface area contributed by atoms with E-state index in [1.807, 2.05) is 6.08 Å². The van der Waals surface area contributed by atoms with Gasteiger partial charge in [-0.3, -0.25) is 0 Å². The lowest BCUT2D eigenvalue weighted by atomic mass is 9.89. The molecule has 0 bridgehead atoms. The SMILES string of the molecule is C=CCC=CCC1OC1CCCCCCCC(C)(C)C. The van der Waals surface area contributed by atoms with Gasteiger partial charge in [0.15, 0.2) is 0 Å². The van der Waals surface area contributed by atoms with Gasteiger partial charge in [0.05, 0.1) is 12.2 Å². The Labute approximate surface area is 126 Å². The molecule has 0 radical (unpaired) electrons. The Morgan fingerprint density at radius 2 is 1.65 bits per heavy atom. The van der Waals surface area contributed by atoms with Gasteiger partial charge < -0.3 is 4.74 Å². The molecule has 2 unspecified atom stereocenters. The lowest BCUT2D eigenvalue weighted by molar-refractivity contribution is 0.350. The molecule has 1 aliphatic heterocycles. The van der Waals surface area contributed by atoms with Gasteiger partial charge in [0, 0.05) is 0 Å². The first-order valence-electron chi connectivity index (χ1n) is 8.44. The number of allylic oxidation sites excluding steroid dienone is 2. The number of ether oxygens (including phenoxy) is 1. The zero-order valence-electron chi connectivity index (χ0n) is 13.9. The van der Waals surface area contributed by atoms with Crippen molar-refractivity contribution in [3.63, 3.8) is 0 Å². The summed E-state index contributed by atoms with van der Waals surface area (Å²) in [6.07, 6.45) is 19.0. The van der Waals surface area contributed by atoms with Gasteiger partial charge in [-0.25, -0.2) is 0 Å². The van der Waals surface area contributed by atoms with Gasteiger partial charge in [-0.1, -0.05) is 71.1 Å². The minimum absolute atomic E-state index is 0.508. The molecule has 0 spiro atoms. The Balaban J connectivity index is 1.85. The molecule has 0 amide bonds. The maximum atomic E-state index is 5.69. The van der Waals surface area contributed by atoms with Crippen LogP contribution in [0.1, 0.15) is 78.6 Å². The summed E-state index contributed by atoms with van der Waals surface area (Å²) in [4.78, 5) is 0. The maximum Gasteiger partial charge on any atom is 0.0876 e. The summed E-state index contributed by atoms with van der Waals surface area (Å²) in [5.41, 5.74) is 0.508. The van der Waals surface area contributed by atoms with Crippen molar-refractivity contribution in [2.45, 2.75) is 90.8 Å². The van der Waals surface area contributed by atoms with Crippen molar-refractivity contribution in [3.8, 4) is 0 Å². The summed E-state index contributed by atoms with van der Waals surface area (Å²) < 4.78 is 5.69. The van der Waals surface area contributed by atoms with Crippen molar-refractivity contribution in [1.29, 1.82) is 0 Å². The van der Waals surface area contributed by atoms with Crippen LogP contribution in [0.4, 0.5) is 0 Å². The molecule has 0 aromatic rings. The van der Waals surface area contributed by atoms with Crippen LogP contribution in [0.25, 0.3) is 0 Å².